The summed E-state index contributed by atoms with van der Waals surface area (Å²) >= 11 is 0. The molecule has 9 heteroatoms. The number of sulfone groups is 1. The quantitative estimate of drug-likeness (QED) is 0.604. The first-order valence-corrected chi connectivity index (χ1v) is 6.68. The van der Waals surface area contributed by atoms with Crippen molar-refractivity contribution < 1.29 is 26.7 Å². The number of aromatic nitrogens is 2. The lowest BCUT2D eigenvalue weighted by Gasteiger charge is -2.07. The Balaban J connectivity index is 3.34. The fraction of sp³-hybridized carbons (Fsp3) is 0.444. The largest absolute Gasteiger partial charge is 0.462 e. The van der Waals surface area contributed by atoms with E-state index in [-0.39, 0.29) is 6.61 Å². The molecule has 0 N–H and O–H groups in total. The number of hydrogen-bond acceptors (Lipinski definition) is 6. The van der Waals surface area contributed by atoms with Crippen LogP contribution in [-0.2, 0) is 14.6 Å². The van der Waals surface area contributed by atoms with E-state index in [0.29, 0.717) is 0 Å². The van der Waals surface area contributed by atoms with Gasteiger partial charge >= 0.3 is 5.97 Å². The minimum absolute atomic E-state index is 0.00462. The second-order valence-electron chi connectivity index (χ2n) is 3.24. The van der Waals surface area contributed by atoms with Crippen LogP contribution in [0.1, 0.15) is 29.4 Å². The summed E-state index contributed by atoms with van der Waals surface area (Å²) in [6.45, 7) is 1.50. The van der Waals surface area contributed by atoms with Gasteiger partial charge in [0.1, 0.15) is 11.3 Å². The van der Waals surface area contributed by atoms with E-state index in [0.717, 1.165) is 12.5 Å². The van der Waals surface area contributed by atoms with Crippen LogP contribution in [0.4, 0.5) is 8.78 Å². The van der Waals surface area contributed by atoms with Gasteiger partial charge in [-0.15, -0.1) is 0 Å². The summed E-state index contributed by atoms with van der Waals surface area (Å²) in [4.78, 5) is 17.9. The van der Waals surface area contributed by atoms with E-state index in [4.69, 9.17) is 0 Å². The number of nitrogens with zero attached hydrogens (tertiary/aromatic N) is 2. The molecule has 0 aromatic carbocycles. The van der Waals surface area contributed by atoms with Crippen LogP contribution in [0.2, 0.25) is 0 Å². The Hall–Kier alpha value is -1.64. The summed E-state index contributed by atoms with van der Waals surface area (Å²) < 4.78 is 52.2. The van der Waals surface area contributed by atoms with E-state index < -0.39 is 38.6 Å². The Morgan fingerprint density at radius 3 is 2.56 bits per heavy atom. The lowest BCUT2D eigenvalue weighted by atomic mass is 10.2. The topological polar surface area (TPSA) is 86.2 Å². The molecule has 1 heterocycles. The molecule has 0 spiro atoms. The molecule has 6 nitrogen and oxygen atoms in total. The maximum absolute atomic E-state index is 12.7. The third-order valence-corrected chi connectivity index (χ3v) is 2.69. The second kappa shape index (κ2) is 5.34. The van der Waals surface area contributed by atoms with Crippen LogP contribution in [-0.4, -0.2) is 37.2 Å². The molecule has 0 radical (unpaired) electrons. The molecule has 0 saturated heterocycles. The van der Waals surface area contributed by atoms with Crippen LogP contribution >= 0.6 is 0 Å². The zero-order valence-corrected chi connectivity index (χ0v) is 10.4. The maximum Gasteiger partial charge on any atom is 0.341 e. The van der Waals surface area contributed by atoms with Crippen molar-refractivity contribution in [3.05, 3.63) is 17.5 Å². The predicted molar refractivity (Wildman–Crippen MR) is 56.1 cm³/mol. The Morgan fingerprint density at radius 1 is 1.50 bits per heavy atom. The molecule has 0 atom stereocenters. The van der Waals surface area contributed by atoms with Crippen molar-refractivity contribution in [2.24, 2.45) is 0 Å². The van der Waals surface area contributed by atoms with Crippen molar-refractivity contribution in [1.29, 1.82) is 0 Å². The Morgan fingerprint density at radius 2 is 2.11 bits per heavy atom. The number of ether oxygens (including phenoxy) is 1. The molecule has 0 fully saturated rings. The first-order chi connectivity index (χ1) is 8.27. The molecule has 0 amide bonds. The highest BCUT2D eigenvalue weighted by molar-refractivity contribution is 7.90. The van der Waals surface area contributed by atoms with Gasteiger partial charge in [0.05, 0.1) is 6.61 Å². The highest BCUT2D eigenvalue weighted by atomic mass is 32.2. The van der Waals surface area contributed by atoms with Crippen LogP contribution in [0.15, 0.2) is 11.4 Å². The Kier molecular flexibility index (Phi) is 4.28. The molecule has 18 heavy (non-hydrogen) atoms. The SMILES string of the molecule is CCOC(=O)c1cnc(S(C)(=O)=O)nc1C(F)F. The number of esters is 1. The summed E-state index contributed by atoms with van der Waals surface area (Å²) in [5.74, 6) is -1.02. The fourth-order valence-electron chi connectivity index (χ4n) is 1.09. The third-order valence-electron chi connectivity index (χ3n) is 1.83. The zero-order chi connectivity index (χ0) is 13.9. The lowest BCUT2D eigenvalue weighted by molar-refractivity contribution is 0.0512. The molecule has 0 unspecified atom stereocenters. The van der Waals surface area contributed by atoms with E-state index in [1.165, 1.54) is 6.92 Å². The number of rotatable bonds is 4. The molecular formula is C9H10F2N2O4S. The molecular weight excluding hydrogens is 270 g/mol. The molecule has 0 saturated carbocycles. The first-order valence-electron chi connectivity index (χ1n) is 4.79. The summed E-state index contributed by atoms with van der Waals surface area (Å²) in [6, 6.07) is 0. The van der Waals surface area contributed by atoms with Gasteiger partial charge in [-0.25, -0.2) is 32.0 Å². The average molecular weight is 280 g/mol. The number of carbonyl (C=O) groups excluding carboxylic acids is 1. The number of halogens is 2. The van der Waals surface area contributed by atoms with Gasteiger partial charge in [-0.3, -0.25) is 0 Å². The van der Waals surface area contributed by atoms with E-state index in [2.05, 4.69) is 14.7 Å². The number of alkyl halides is 2. The monoisotopic (exact) mass is 280 g/mol. The molecule has 0 bridgehead atoms. The smallest absolute Gasteiger partial charge is 0.341 e. The predicted octanol–water partition coefficient (Wildman–Crippen LogP) is 0.994. The summed E-state index contributed by atoms with van der Waals surface area (Å²) in [5.41, 5.74) is -1.50. The van der Waals surface area contributed by atoms with Gasteiger partial charge in [0, 0.05) is 12.5 Å². The maximum atomic E-state index is 12.7. The number of carbonyl (C=O) groups is 1. The Labute approximate surface area is 102 Å². The summed E-state index contributed by atoms with van der Waals surface area (Å²) in [6.07, 6.45) is -1.60. The highest BCUT2D eigenvalue weighted by Gasteiger charge is 2.24. The van der Waals surface area contributed by atoms with Crippen LogP contribution in [0, 0.1) is 0 Å². The zero-order valence-electron chi connectivity index (χ0n) is 9.55. The van der Waals surface area contributed by atoms with Crippen molar-refractivity contribution in [3.8, 4) is 0 Å². The fourth-order valence-corrected chi connectivity index (χ4v) is 1.60. The first kappa shape index (κ1) is 14.4. The normalized spacial score (nSPS) is 11.6. The van der Waals surface area contributed by atoms with Crippen LogP contribution in [0.5, 0.6) is 0 Å². The van der Waals surface area contributed by atoms with Crippen molar-refractivity contribution in [3.63, 3.8) is 0 Å². The third kappa shape index (κ3) is 3.19. The van der Waals surface area contributed by atoms with Crippen LogP contribution in [0.25, 0.3) is 0 Å². The number of hydrogen-bond donors (Lipinski definition) is 0. The Bertz CT molecular complexity index is 560. The van der Waals surface area contributed by atoms with Gasteiger partial charge in [-0.2, -0.15) is 0 Å². The van der Waals surface area contributed by atoms with Gasteiger partial charge < -0.3 is 4.74 Å². The van der Waals surface area contributed by atoms with Crippen molar-refractivity contribution >= 4 is 15.8 Å². The molecule has 0 aliphatic heterocycles. The van der Waals surface area contributed by atoms with E-state index in [9.17, 15) is 22.0 Å². The van der Waals surface area contributed by atoms with Crippen molar-refractivity contribution in [1.82, 2.24) is 9.97 Å². The standard InChI is InChI=1S/C9H10F2N2O4S/c1-3-17-8(14)5-4-12-9(18(2,15)16)13-6(5)7(10)11/h4,7H,3H2,1-2H3. The molecule has 1 rings (SSSR count). The van der Waals surface area contributed by atoms with Gasteiger partial charge in [0.25, 0.3) is 6.43 Å². The van der Waals surface area contributed by atoms with E-state index >= 15 is 0 Å². The summed E-state index contributed by atoms with van der Waals surface area (Å²) in [5, 5.41) is -0.758. The molecule has 100 valence electrons. The molecule has 0 aliphatic carbocycles. The second-order valence-corrected chi connectivity index (χ2v) is 5.15. The molecule has 1 aromatic rings. The van der Waals surface area contributed by atoms with Gasteiger partial charge in [-0.05, 0) is 6.92 Å². The molecule has 0 aliphatic rings. The van der Waals surface area contributed by atoms with Crippen LogP contribution in [0.3, 0.4) is 0 Å². The van der Waals surface area contributed by atoms with Gasteiger partial charge in [0.15, 0.2) is 0 Å². The minimum atomic E-state index is -3.82. The van der Waals surface area contributed by atoms with E-state index in [1.54, 1.807) is 0 Å². The van der Waals surface area contributed by atoms with Gasteiger partial charge in [0.2, 0.25) is 15.0 Å². The average Bonchev–Trinajstić information content (AvgIpc) is 2.27. The van der Waals surface area contributed by atoms with Crippen molar-refractivity contribution in [2.75, 3.05) is 12.9 Å². The highest BCUT2D eigenvalue weighted by Crippen LogP contribution is 2.22. The van der Waals surface area contributed by atoms with Crippen LogP contribution < -0.4 is 0 Å². The van der Waals surface area contributed by atoms with Gasteiger partial charge in [-0.1, -0.05) is 0 Å². The van der Waals surface area contributed by atoms with Crippen molar-refractivity contribution in [2.45, 2.75) is 18.5 Å². The molecule has 1 aromatic heterocycles. The lowest BCUT2D eigenvalue weighted by Crippen LogP contribution is -2.14. The van der Waals surface area contributed by atoms with E-state index in [1.807, 2.05) is 0 Å². The summed E-state index contributed by atoms with van der Waals surface area (Å²) in [7, 11) is -3.82. The minimum Gasteiger partial charge on any atom is -0.462 e.